The monoisotopic (exact) mass is 287 g/mol. The highest BCUT2D eigenvalue weighted by Gasteiger charge is 2.36. The van der Waals surface area contributed by atoms with E-state index < -0.39 is 0 Å². The average Bonchev–Trinajstić information content (AvgIpc) is 3.04. The Morgan fingerprint density at radius 3 is 2.67 bits per heavy atom. The molecule has 0 bridgehead atoms. The Labute approximate surface area is 127 Å². The molecule has 3 rings (SSSR count). The third kappa shape index (κ3) is 3.13. The number of rotatable bonds is 3. The number of carbonyl (C=O) groups excluding carboxylic acids is 1. The number of benzene rings is 1. The highest BCUT2D eigenvalue weighted by Crippen LogP contribution is 2.38. The Hall–Kier alpha value is -1.35. The van der Waals surface area contributed by atoms with E-state index in [0.29, 0.717) is 18.6 Å². The van der Waals surface area contributed by atoms with Crippen molar-refractivity contribution < 1.29 is 9.53 Å². The Balaban J connectivity index is 1.70. The van der Waals surface area contributed by atoms with Crippen LogP contribution in [0.15, 0.2) is 30.3 Å². The first-order chi connectivity index (χ1) is 10.3. The smallest absolute Gasteiger partial charge is 0.228 e. The van der Waals surface area contributed by atoms with Gasteiger partial charge < -0.3 is 9.64 Å². The maximum atomic E-state index is 12.7. The number of amides is 1. The Morgan fingerprint density at radius 1 is 1.14 bits per heavy atom. The molecule has 3 atom stereocenters. The molecule has 1 saturated heterocycles. The highest BCUT2D eigenvalue weighted by molar-refractivity contribution is 5.79. The standard InChI is InChI=1S/C18H25NO2/c1-19(18(20)15-9-6-12-21-13-15)17-11-5-10-16(17)14-7-3-2-4-8-14/h2-4,7-8,15-17H,5-6,9-13H2,1H3/t15-,16+,17-/m1/s1. The Kier molecular flexibility index (Phi) is 4.59. The van der Waals surface area contributed by atoms with Gasteiger partial charge in [-0.15, -0.1) is 0 Å². The predicted octanol–water partition coefficient (Wildman–Crippen LogP) is 3.21. The summed E-state index contributed by atoms with van der Waals surface area (Å²) in [4.78, 5) is 14.7. The minimum atomic E-state index is 0.0702. The zero-order chi connectivity index (χ0) is 14.7. The van der Waals surface area contributed by atoms with Gasteiger partial charge in [0.2, 0.25) is 5.91 Å². The fraction of sp³-hybridized carbons (Fsp3) is 0.611. The Morgan fingerprint density at radius 2 is 1.95 bits per heavy atom. The van der Waals surface area contributed by atoms with Gasteiger partial charge in [0.1, 0.15) is 0 Å². The van der Waals surface area contributed by atoms with Crippen molar-refractivity contribution in [3.05, 3.63) is 35.9 Å². The van der Waals surface area contributed by atoms with E-state index in [2.05, 4.69) is 30.3 Å². The lowest BCUT2D eigenvalue weighted by Gasteiger charge is -2.34. The normalized spacial score (nSPS) is 29.3. The second-order valence-corrected chi connectivity index (χ2v) is 6.38. The van der Waals surface area contributed by atoms with Gasteiger partial charge in [0.25, 0.3) is 0 Å². The van der Waals surface area contributed by atoms with Crippen LogP contribution in [0.4, 0.5) is 0 Å². The molecule has 1 aliphatic carbocycles. The zero-order valence-electron chi connectivity index (χ0n) is 12.8. The van der Waals surface area contributed by atoms with Crippen LogP contribution in [0.2, 0.25) is 0 Å². The van der Waals surface area contributed by atoms with Gasteiger partial charge in [-0.1, -0.05) is 36.8 Å². The van der Waals surface area contributed by atoms with E-state index >= 15 is 0 Å². The SMILES string of the molecule is CN(C(=O)[C@@H]1CCCOC1)[C@@H]1CCC[C@H]1c1ccccc1. The third-order valence-corrected chi connectivity index (χ3v) is 5.06. The molecule has 2 aliphatic rings. The summed E-state index contributed by atoms with van der Waals surface area (Å²) >= 11 is 0. The van der Waals surface area contributed by atoms with Crippen LogP contribution >= 0.6 is 0 Å². The molecular formula is C18H25NO2. The number of likely N-dealkylation sites (N-methyl/N-ethyl adjacent to an activating group) is 1. The number of nitrogens with zero attached hydrogens (tertiary/aromatic N) is 1. The van der Waals surface area contributed by atoms with Gasteiger partial charge in [-0.2, -0.15) is 0 Å². The second-order valence-electron chi connectivity index (χ2n) is 6.38. The largest absolute Gasteiger partial charge is 0.381 e. The summed E-state index contributed by atoms with van der Waals surface area (Å²) in [5, 5.41) is 0. The van der Waals surface area contributed by atoms with Crippen LogP contribution < -0.4 is 0 Å². The third-order valence-electron chi connectivity index (χ3n) is 5.06. The van der Waals surface area contributed by atoms with E-state index in [9.17, 15) is 4.79 Å². The van der Waals surface area contributed by atoms with Gasteiger partial charge in [0.05, 0.1) is 12.5 Å². The first-order valence-corrected chi connectivity index (χ1v) is 8.16. The van der Waals surface area contributed by atoms with E-state index in [4.69, 9.17) is 4.74 Å². The van der Waals surface area contributed by atoms with E-state index in [1.165, 1.54) is 18.4 Å². The Bertz CT molecular complexity index is 467. The molecule has 1 aliphatic heterocycles. The van der Waals surface area contributed by atoms with Gasteiger partial charge in [0.15, 0.2) is 0 Å². The van der Waals surface area contributed by atoms with E-state index in [1.54, 1.807) is 0 Å². The van der Waals surface area contributed by atoms with Gasteiger partial charge >= 0.3 is 0 Å². The van der Waals surface area contributed by atoms with Crippen LogP contribution in [0.5, 0.6) is 0 Å². The van der Waals surface area contributed by atoms with Gasteiger partial charge in [-0.3, -0.25) is 4.79 Å². The molecule has 21 heavy (non-hydrogen) atoms. The zero-order valence-corrected chi connectivity index (χ0v) is 12.8. The van der Waals surface area contributed by atoms with Crippen molar-refractivity contribution in [2.24, 2.45) is 5.92 Å². The maximum Gasteiger partial charge on any atom is 0.228 e. The van der Waals surface area contributed by atoms with Crippen molar-refractivity contribution in [2.75, 3.05) is 20.3 Å². The first-order valence-electron chi connectivity index (χ1n) is 8.16. The minimum absolute atomic E-state index is 0.0702. The summed E-state index contributed by atoms with van der Waals surface area (Å²) < 4.78 is 5.48. The van der Waals surface area contributed by atoms with Crippen molar-refractivity contribution in [1.29, 1.82) is 0 Å². The van der Waals surface area contributed by atoms with Crippen molar-refractivity contribution in [3.63, 3.8) is 0 Å². The molecule has 2 fully saturated rings. The van der Waals surface area contributed by atoms with E-state index in [0.717, 1.165) is 25.9 Å². The van der Waals surface area contributed by atoms with Crippen molar-refractivity contribution in [1.82, 2.24) is 4.90 Å². The van der Waals surface area contributed by atoms with Crippen LogP contribution in [0.1, 0.15) is 43.6 Å². The molecule has 114 valence electrons. The molecule has 1 aromatic rings. The molecule has 1 aromatic carbocycles. The summed E-state index contributed by atoms with van der Waals surface area (Å²) in [5.74, 6) is 0.841. The minimum Gasteiger partial charge on any atom is -0.381 e. The van der Waals surface area contributed by atoms with Crippen LogP contribution in [0.3, 0.4) is 0 Å². The quantitative estimate of drug-likeness (QED) is 0.854. The highest BCUT2D eigenvalue weighted by atomic mass is 16.5. The molecule has 1 amide bonds. The summed E-state index contributed by atoms with van der Waals surface area (Å²) in [6, 6.07) is 11.0. The fourth-order valence-corrected chi connectivity index (χ4v) is 3.88. The first kappa shape index (κ1) is 14.6. The second kappa shape index (κ2) is 6.61. The van der Waals surface area contributed by atoms with Gasteiger partial charge in [-0.05, 0) is 31.2 Å². The summed E-state index contributed by atoms with van der Waals surface area (Å²) in [5.41, 5.74) is 1.37. The van der Waals surface area contributed by atoms with Gasteiger partial charge in [0, 0.05) is 25.6 Å². The lowest BCUT2D eigenvalue weighted by Crippen LogP contribution is -2.44. The molecule has 0 spiro atoms. The lowest BCUT2D eigenvalue weighted by atomic mass is 9.92. The van der Waals surface area contributed by atoms with Crippen LogP contribution in [-0.2, 0) is 9.53 Å². The average molecular weight is 287 g/mol. The molecule has 1 saturated carbocycles. The molecule has 1 heterocycles. The number of carbonyl (C=O) groups is 1. The van der Waals surface area contributed by atoms with Crippen LogP contribution in [0, 0.1) is 5.92 Å². The molecule has 3 heteroatoms. The number of ether oxygens (including phenoxy) is 1. The van der Waals surface area contributed by atoms with E-state index in [-0.39, 0.29) is 11.8 Å². The topological polar surface area (TPSA) is 29.5 Å². The summed E-state index contributed by atoms with van der Waals surface area (Å²) in [6.07, 6.45) is 5.51. The molecule has 0 radical (unpaired) electrons. The summed E-state index contributed by atoms with van der Waals surface area (Å²) in [6.45, 7) is 1.41. The lowest BCUT2D eigenvalue weighted by molar-refractivity contribution is -0.140. The molecular weight excluding hydrogens is 262 g/mol. The molecule has 0 aromatic heterocycles. The van der Waals surface area contributed by atoms with E-state index in [1.807, 2.05) is 11.9 Å². The molecule has 0 unspecified atom stereocenters. The van der Waals surface area contributed by atoms with Crippen LogP contribution in [0.25, 0.3) is 0 Å². The molecule has 3 nitrogen and oxygen atoms in total. The fourth-order valence-electron chi connectivity index (χ4n) is 3.88. The predicted molar refractivity (Wildman–Crippen MR) is 83.1 cm³/mol. The van der Waals surface area contributed by atoms with Crippen molar-refractivity contribution >= 4 is 5.91 Å². The van der Waals surface area contributed by atoms with Crippen molar-refractivity contribution in [2.45, 2.75) is 44.1 Å². The maximum absolute atomic E-state index is 12.7. The van der Waals surface area contributed by atoms with Crippen LogP contribution in [-0.4, -0.2) is 37.1 Å². The van der Waals surface area contributed by atoms with Crippen molar-refractivity contribution in [3.8, 4) is 0 Å². The molecule has 0 N–H and O–H groups in total. The number of hydrogen-bond acceptors (Lipinski definition) is 2. The van der Waals surface area contributed by atoms with Gasteiger partial charge in [-0.25, -0.2) is 0 Å². The number of hydrogen-bond donors (Lipinski definition) is 0. The summed E-state index contributed by atoms with van der Waals surface area (Å²) in [7, 11) is 1.99.